The lowest BCUT2D eigenvalue weighted by atomic mass is 9.99. The number of amidine groups is 1. The van der Waals surface area contributed by atoms with Gasteiger partial charge in [-0.25, -0.2) is 13.2 Å². The number of nitrogens with one attached hydrogen (secondary N) is 1. The summed E-state index contributed by atoms with van der Waals surface area (Å²) >= 11 is 0. The Balaban J connectivity index is 0.00000541. The number of hydrogen-bond donors (Lipinski definition) is 4. The summed E-state index contributed by atoms with van der Waals surface area (Å²) in [5.74, 6) is -3.27. The molecule has 4 aromatic carbocycles. The number of carboxylic acid groups (broad SMARTS) is 2. The summed E-state index contributed by atoms with van der Waals surface area (Å²) < 4.78 is 29.2. The Hall–Kier alpha value is -5.47. The SMILES string of the molecule is Cl.N=C(N)c1ccc(CCC(=O)N2CCCc3cc(N(C(=O)N(CC(=O)O)CC(=O)O)S(=O)(=O)c4cccc5ccccc45)ccc32)cc1. The molecular weight excluding hydrogens is 674 g/mol. The summed E-state index contributed by atoms with van der Waals surface area (Å²) in [7, 11) is -4.75. The van der Waals surface area contributed by atoms with Gasteiger partial charge in [0.15, 0.2) is 0 Å². The van der Waals surface area contributed by atoms with Crippen LogP contribution in [0.3, 0.4) is 0 Å². The summed E-state index contributed by atoms with van der Waals surface area (Å²) in [5.41, 5.74) is 7.99. The van der Waals surface area contributed by atoms with Crippen LogP contribution in [0.2, 0.25) is 0 Å². The van der Waals surface area contributed by atoms with Crippen LogP contribution < -0.4 is 14.9 Å². The number of carbonyl (C=O) groups excluding carboxylic acids is 2. The van der Waals surface area contributed by atoms with Crippen LogP contribution >= 0.6 is 12.4 Å². The molecule has 0 spiro atoms. The summed E-state index contributed by atoms with van der Waals surface area (Å²) in [6.07, 6.45) is 1.64. The third kappa shape index (κ3) is 7.99. The molecule has 256 valence electrons. The molecule has 0 saturated carbocycles. The van der Waals surface area contributed by atoms with Gasteiger partial charge in [-0.05, 0) is 60.0 Å². The van der Waals surface area contributed by atoms with Gasteiger partial charge in [-0.1, -0.05) is 60.7 Å². The van der Waals surface area contributed by atoms with Crippen molar-refractivity contribution >= 4 is 74.3 Å². The summed E-state index contributed by atoms with van der Waals surface area (Å²) in [5, 5.41) is 27.3. The number of nitrogens with zero attached hydrogens (tertiary/aromatic N) is 3. The van der Waals surface area contributed by atoms with E-state index in [0.29, 0.717) is 62.6 Å². The first-order valence-electron chi connectivity index (χ1n) is 15.0. The van der Waals surface area contributed by atoms with E-state index in [9.17, 15) is 37.8 Å². The first-order valence-corrected chi connectivity index (χ1v) is 16.4. The van der Waals surface area contributed by atoms with Crippen LogP contribution in [0.4, 0.5) is 16.2 Å². The Morgan fingerprint density at radius 3 is 2.18 bits per heavy atom. The second-order valence-electron chi connectivity index (χ2n) is 11.2. The molecule has 1 aliphatic heterocycles. The highest BCUT2D eigenvalue weighted by Crippen LogP contribution is 2.35. The molecule has 15 heteroatoms. The van der Waals surface area contributed by atoms with Crippen molar-refractivity contribution in [3.63, 3.8) is 0 Å². The number of anilines is 2. The van der Waals surface area contributed by atoms with Crippen LogP contribution in [0, 0.1) is 5.41 Å². The van der Waals surface area contributed by atoms with E-state index in [-0.39, 0.29) is 41.2 Å². The van der Waals surface area contributed by atoms with Crippen LogP contribution in [0.15, 0.2) is 89.8 Å². The number of aliphatic carboxylic acids is 2. The molecule has 0 unspecified atom stereocenters. The van der Waals surface area contributed by atoms with Crippen LogP contribution in [-0.4, -0.2) is 72.9 Å². The van der Waals surface area contributed by atoms with E-state index < -0.39 is 41.1 Å². The number of aryl methyl sites for hydroxylation is 2. The zero-order valence-corrected chi connectivity index (χ0v) is 27.7. The monoisotopic (exact) mass is 707 g/mol. The maximum Gasteiger partial charge on any atom is 0.339 e. The number of sulfonamides is 1. The zero-order valence-electron chi connectivity index (χ0n) is 26.1. The molecule has 5 N–H and O–H groups in total. The number of nitrogen functional groups attached to an aromatic ring is 1. The summed E-state index contributed by atoms with van der Waals surface area (Å²) in [6.45, 7) is -1.69. The fourth-order valence-corrected chi connectivity index (χ4v) is 7.35. The Kier molecular flexibility index (Phi) is 11.3. The maximum atomic E-state index is 14.4. The fraction of sp³-hybridized carbons (Fsp3) is 0.206. The molecule has 0 saturated heterocycles. The molecule has 0 bridgehead atoms. The fourth-order valence-electron chi connectivity index (χ4n) is 5.72. The number of urea groups is 1. The van der Waals surface area contributed by atoms with Gasteiger partial charge < -0.3 is 25.7 Å². The number of carboxylic acids is 2. The number of carbonyl (C=O) groups is 4. The van der Waals surface area contributed by atoms with E-state index >= 15 is 0 Å². The van der Waals surface area contributed by atoms with Crippen molar-refractivity contribution in [2.24, 2.45) is 5.73 Å². The van der Waals surface area contributed by atoms with Gasteiger partial charge in [0.25, 0.3) is 10.0 Å². The van der Waals surface area contributed by atoms with Crippen molar-refractivity contribution in [2.45, 2.75) is 30.6 Å². The smallest absolute Gasteiger partial charge is 0.339 e. The highest BCUT2D eigenvalue weighted by atomic mass is 35.5. The minimum Gasteiger partial charge on any atom is -0.480 e. The number of fused-ring (bicyclic) bond motifs is 2. The predicted molar refractivity (Wildman–Crippen MR) is 186 cm³/mol. The summed E-state index contributed by atoms with van der Waals surface area (Å²) in [4.78, 5) is 52.4. The Morgan fingerprint density at radius 1 is 0.878 bits per heavy atom. The topological polar surface area (TPSA) is 202 Å². The van der Waals surface area contributed by atoms with Crippen molar-refractivity contribution < 1.29 is 37.8 Å². The van der Waals surface area contributed by atoms with E-state index in [0.717, 1.165) is 5.56 Å². The van der Waals surface area contributed by atoms with Crippen LogP contribution in [0.25, 0.3) is 10.8 Å². The van der Waals surface area contributed by atoms with Gasteiger partial charge >= 0.3 is 18.0 Å². The van der Waals surface area contributed by atoms with Gasteiger partial charge in [-0.3, -0.25) is 19.8 Å². The van der Waals surface area contributed by atoms with Gasteiger partial charge in [-0.2, -0.15) is 4.31 Å². The predicted octanol–water partition coefficient (Wildman–Crippen LogP) is 4.24. The minimum absolute atomic E-state index is 0. The lowest BCUT2D eigenvalue weighted by Gasteiger charge is -2.32. The maximum absolute atomic E-state index is 14.4. The molecule has 0 aliphatic carbocycles. The first kappa shape index (κ1) is 36.4. The molecule has 1 heterocycles. The molecule has 3 amide bonds. The quantitative estimate of drug-likeness (QED) is 0.130. The van der Waals surface area contributed by atoms with Crippen molar-refractivity contribution in [3.8, 4) is 0 Å². The number of hydrogen-bond acceptors (Lipinski definition) is 7. The molecule has 5 rings (SSSR count). The van der Waals surface area contributed by atoms with Crippen LogP contribution in [0.1, 0.15) is 29.5 Å². The molecule has 0 atom stereocenters. The number of rotatable bonds is 11. The second kappa shape index (κ2) is 15.2. The summed E-state index contributed by atoms with van der Waals surface area (Å²) in [6, 6.07) is 21.2. The zero-order chi connectivity index (χ0) is 34.6. The molecule has 13 nitrogen and oxygen atoms in total. The van der Waals surface area contributed by atoms with E-state index in [1.54, 1.807) is 65.6 Å². The van der Waals surface area contributed by atoms with Crippen LogP contribution in [0.5, 0.6) is 0 Å². The van der Waals surface area contributed by atoms with E-state index in [1.807, 2.05) is 0 Å². The van der Waals surface area contributed by atoms with Crippen molar-refractivity contribution in [2.75, 3.05) is 28.8 Å². The van der Waals surface area contributed by atoms with E-state index in [4.69, 9.17) is 11.1 Å². The average Bonchev–Trinajstić information content (AvgIpc) is 3.06. The number of benzene rings is 4. The first-order chi connectivity index (χ1) is 22.9. The van der Waals surface area contributed by atoms with Crippen LogP contribution in [-0.2, 0) is 37.2 Å². The molecule has 1 aliphatic rings. The average molecular weight is 708 g/mol. The number of amides is 3. The molecular formula is C34H34ClN5O8S. The van der Waals surface area contributed by atoms with Crippen molar-refractivity contribution in [3.05, 3.63) is 102 Å². The minimum atomic E-state index is -4.75. The van der Waals surface area contributed by atoms with Gasteiger partial charge in [-0.15, -0.1) is 12.4 Å². The largest absolute Gasteiger partial charge is 0.480 e. The van der Waals surface area contributed by atoms with Gasteiger partial charge in [0, 0.05) is 29.6 Å². The van der Waals surface area contributed by atoms with E-state index in [2.05, 4.69) is 0 Å². The molecule has 0 aromatic heterocycles. The lowest BCUT2D eigenvalue weighted by molar-refractivity contribution is -0.140. The molecule has 0 radical (unpaired) electrons. The van der Waals surface area contributed by atoms with Crippen molar-refractivity contribution in [1.29, 1.82) is 5.41 Å². The van der Waals surface area contributed by atoms with Gasteiger partial charge in [0.05, 0.1) is 10.6 Å². The Bertz CT molecular complexity index is 2020. The number of nitrogens with two attached hydrogens (primary N) is 1. The Morgan fingerprint density at radius 2 is 1.53 bits per heavy atom. The number of halogens is 1. The van der Waals surface area contributed by atoms with Crippen molar-refractivity contribution in [1.82, 2.24) is 4.90 Å². The standard InChI is InChI=1S/C34H33N5O8S.ClH/c35-33(36)24-13-10-22(11-14-24)12-17-30(40)38-18-4-7-25-19-26(15-16-28(25)38)39(34(45)37(20-31(41)42)21-32(43)44)48(46,47)29-9-3-6-23-5-1-2-8-27(23)29;/h1-3,5-6,8-11,13-16,19H,4,7,12,17-18,20-21H2,(H3,35,36)(H,41,42)(H,43,44);1H. The highest BCUT2D eigenvalue weighted by molar-refractivity contribution is 7.93. The second-order valence-corrected chi connectivity index (χ2v) is 13.0. The molecule has 4 aromatic rings. The highest BCUT2D eigenvalue weighted by Gasteiger charge is 2.37. The lowest BCUT2D eigenvalue weighted by Crippen LogP contribution is -2.50. The van der Waals surface area contributed by atoms with Gasteiger partial charge in [0.2, 0.25) is 5.91 Å². The Labute approximate surface area is 288 Å². The molecule has 49 heavy (non-hydrogen) atoms. The normalized spacial score (nSPS) is 12.4. The third-order valence-electron chi connectivity index (χ3n) is 7.97. The van der Waals surface area contributed by atoms with E-state index in [1.165, 1.54) is 24.3 Å². The van der Waals surface area contributed by atoms with Gasteiger partial charge in [0.1, 0.15) is 18.9 Å². The molecule has 0 fully saturated rings. The third-order valence-corrected chi connectivity index (χ3v) is 9.73.